The van der Waals surface area contributed by atoms with Crippen LogP contribution in [-0.4, -0.2) is 25.4 Å². The van der Waals surface area contributed by atoms with Crippen LogP contribution in [0.3, 0.4) is 0 Å². The van der Waals surface area contributed by atoms with Gasteiger partial charge >= 0.3 is 6.18 Å². The van der Waals surface area contributed by atoms with Gasteiger partial charge in [-0.3, -0.25) is 14.2 Å². The second-order valence-electron chi connectivity index (χ2n) is 9.28. The predicted molar refractivity (Wildman–Crippen MR) is 147 cm³/mol. The number of hydrogen-bond acceptors (Lipinski definition) is 6. The smallest absolute Gasteiger partial charge is 0.324 e. The Kier molecular flexibility index (Phi) is 6.80. The molecule has 0 unspecified atom stereocenters. The summed E-state index contributed by atoms with van der Waals surface area (Å²) >= 11 is 0. The van der Waals surface area contributed by atoms with Gasteiger partial charge in [-0.25, -0.2) is 9.97 Å². The molecule has 2 aromatic heterocycles. The molecule has 202 valence electrons. The molecular weight excluding hydrogens is 521 g/mol. The molecule has 1 amide bonds. The molecule has 2 N–H and O–H groups in total. The van der Waals surface area contributed by atoms with Crippen LogP contribution in [0.25, 0.3) is 22.4 Å². The monoisotopic (exact) mass is 544 g/mol. The van der Waals surface area contributed by atoms with Crippen LogP contribution in [0.1, 0.15) is 27.0 Å². The van der Waals surface area contributed by atoms with E-state index in [0.717, 1.165) is 23.4 Å². The lowest BCUT2D eigenvalue weighted by Gasteiger charge is -2.13. The van der Waals surface area contributed by atoms with Gasteiger partial charge in [-0.05, 0) is 61.9 Å². The Balaban J connectivity index is 1.46. The van der Waals surface area contributed by atoms with Crippen molar-refractivity contribution in [2.75, 3.05) is 10.6 Å². The van der Waals surface area contributed by atoms with E-state index < -0.39 is 23.2 Å². The molecule has 0 spiro atoms. The summed E-state index contributed by atoms with van der Waals surface area (Å²) in [5.74, 6) is -0.418. The molecule has 0 aliphatic carbocycles. The highest BCUT2D eigenvalue weighted by Crippen LogP contribution is 2.30. The van der Waals surface area contributed by atoms with Gasteiger partial charge in [0.05, 0.1) is 11.8 Å². The van der Waals surface area contributed by atoms with Crippen LogP contribution in [-0.2, 0) is 13.2 Å². The SMILES string of the molecule is Cc1ccc(Nc2ncc3nc(-c4cc(NC(=O)c5cccc(C(F)(F)F)c5)ccc4C)c(=O)n(C)c3n2)cc1. The molecule has 0 saturated heterocycles. The molecule has 0 radical (unpaired) electrons. The van der Waals surface area contributed by atoms with Crippen LogP contribution in [0.2, 0.25) is 0 Å². The summed E-state index contributed by atoms with van der Waals surface area (Å²) < 4.78 is 40.6. The lowest BCUT2D eigenvalue weighted by molar-refractivity contribution is -0.137. The molecule has 0 atom stereocenters. The summed E-state index contributed by atoms with van der Waals surface area (Å²) in [7, 11) is 1.58. The number of anilines is 3. The molecule has 0 bridgehead atoms. The molecule has 2 heterocycles. The Labute approximate surface area is 226 Å². The molecule has 0 fully saturated rings. The number of amides is 1. The maximum atomic E-state index is 13.4. The maximum absolute atomic E-state index is 13.4. The minimum absolute atomic E-state index is 0.116. The van der Waals surface area contributed by atoms with E-state index in [1.54, 1.807) is 32.2 Å². The van der Waals surface area contributed by atoms with Crippen molar-refractivity contribution in [1.82, 2.24) is 19.5 Å². The fourth-order valence-corrected chi connectivity index (χ4v) is 4.11. The number of fused-ring (bicyclic) bond motifs is 1. The van der Waals surface area contributed by atoms with Gasteiger partial charge in [0.15, 0.2) is 5.65 Å². The van der Waals surface area contributed by atoms with Crippen molar-refractivity contribution in [3.8, 4) is 11.3 Å². The fourth-order valence-electron chi connectivity index (χ4n) is 4.11. The van der Waals surface area contributed by atoms with E-state index in [0.29, 0.717) is 33.9 Å². The van der Waals surface area contributed by atoms with Crippen molar-refractivity contribution in [3.63, 3.8) is 0 Å². The highest BCUT2D eigenvalue weighted by atomic mass is 19.4. The van der Waals surface area contributed by atoms with Gasteiger partial charge in [0.2, 0.25) is 5.95 Å². The third-order valence-electron chi connectivity index (χ3n) is 6.32. The van der Waals surface area contributed by atoms with Gasteiger partial charge in [0.25, 0.3) is 11.5 Å². The average Bonchev–Trinajstić information content (AvgIpc) is 2.93. The van der Waals surface area contributed by atoms with Crippen molar-refractivity contribution in [2.24, 2.45) is 7.05 Å². The van der Waals surface area contributed by atoms with Crippen molar-refractivity contribution < 1.29 is 18.0 Å². The number of nitrogens with zero attached hydrogens (tertiary/aromatic N) is 4. The van der Waals surface area contributed by atoms with E-state index in [9.17, 15) is 22.8 Å². The molecule has 3 aromatic carbocycles. The number of carbonyl (C=O) groups is 1. The maximum Gasteiger partial charge on any atom is 0.416 e. The zero-order valence-electron chi connectivity index (χ0n) is 21.7. The Morgan fingerprint density at radius 3 is 2.38 bits per heavy atom. The van der Waals surface area contributed by atoms with Gasteiger partial charge in [0, 0.05) is 29.5 Å². The second kappa shape index (κ2) is 10.3. The van der Waals surface area contributed by atoms with Gasteiger partial charge in [-0.15, -0.1) is 0 Å². The molecule has 5 aromatic rings. The second-order valence-corrected chi connectivity index (χ2v) is 9.28. The van der Waals surface area contributed by atoms with Crippen LogP contribution < -0.4 is 16.2 Å². The van der Waals surface area contributed by atoms with Gasteiger partial charge in [-0.1, -0.05) is 29.8 Å². The number of hydrogen-bond donors (Lipinski definition) is 2. The Bertz CT molecular complexity index is 1810. The summed E-state index contributed by atoms with van der Waals surface area (Å²) in [5.41, 5.74) is 2.68. The number of alkyl halides is 3. The van der Waals surface area contributed by atoms with Crippen LogP contribution in [0.5, 0.6) is 0 Å². The zero-order valence-corrected chi connectivity index (χ0v) is 21.7. The van der Waals surface area contributed by atoms with Gasteiger partial charge in [0.1, 0.15) is 11.2 Å². The fraction of sp³-hybridized carbons (Fsp3) is 0.138. The van der Waals surface area contributed by atoms with E-state index in [4.69, 9.17) is 0 Å². The standard InChI is InChI=1S/C29H23F3N6O2/c1-16-7-10-20(11-8-16)35-28-33-15-23-25(37-28)38(3)27(40)24(36-23)22-14-21(12-9-17(22)2)34-26(39)18-5-4-6-19(13-18)29(30,31)32/h4-15H,1-3H3,(H,34,39)(H,33,35,37). The number of nitrogens with one attached hydrogen (secondary N) is 2. The summed E-state index contributed by atoms with van der Waals surface area (Å²) in [6.45, 7) is 3.77. The third-order valence-corrected chi connectivity index (χ3v) is 6.32. The van der Waals surface area contributed by atoms with Crippen molar-refractivity contribution >= 4 is 34.4 Å². The average molecular weight is 545 g/mol. The molecular formula is C29H23F3N6O2. The lowest BCUT2D eigenvalue weighted by Crippen LogP contribution is -2.22. The minimum atomic E-state index is -4.57. The Hall–Kier alpha value is -5.06. The van der Waals surface area contributed by atoms with Gasteiger partial charge < -0.3 is 10.6 Å². The summed E-state index contributed by atoms with van der Waals surface area (Å²) in [5, 5.41) is 5.71. The predicted octanol–water partition coefficient (Wildman–Crippen LogP) is 6.02. The normalized spacial score (nSPS) is 11.4. The first-order valence-electron chi connectivity index (χ1n) is 12.2. The molecule has 0 aliphatic heterocycles. The summed E-state index contributed by atoms with van der Waals surface area (Å²) in [6, 6.07) is 16.7. The van der Waals surface area contributed by atoms with E-state index in [-0.39, 0.29) is 11.3 Å². The van der Waals surface area contributed by atoms with Crippen molar-refractivity contribution in [1.29, 1.82) is 0 Å². The van der Waals surface area contributed by atoms with Crippen molar-refractivity contribution in [3.05, 3.63) is 106 Å². The van der Waals surface area contributed by atoms with E-state index in [1.165, 1.54) is 22.9 Å². The number of halogens is 3. The highest BCUT2D eigenvalue weighted by Gasteiger charge is 2.31. The third kappa shape index (κ3) is 5.39. The zero-order chi connectivity index (χ0) is 28.6. The molecule has 40 heavy (non-hydrogen) atoms. The first kappa shape index (κ1) is 26.5. The number of aromatic nitrogens is 4. The van der Waals surface area contributed by atoms with E-state index >= 15 is 0 Å². The molecule has 0 aliphatic rings. The van der Waals surface area contributed by atoms with Crippen LogP contribution >= 0.6 is 0 Å². The van der Waals surface area contributed by atoms with E-state index in [1.807, 2.05) is 31.2 Å². The first-order chi connectivity index (χ1) is 19.0. The number of benzene rings is 3. The molecule has 0 saturated carbocycles. The number of aryl methyl sites for hydroxylation is 3. The van der Waals surface area contributed by atoms with E-state index in [2.05, 4.69) is 25.6 Å². The molecule has 11 heteroatoms. The number of rotatable bonds is 5. The first-order valence-corrected chi connectivity index (χ1v) is 12.2. The van der Waals surface area contributed by atoms with Crippen LogP contribution in [0.4, 0.5) is 30.5 Å². The number of carbonyl (C=O) groups excluding carboxylic acids is 1. The summed E-state index contributed by atoms with van der Waals surface area (Å²) in [4.78, 5) is 39.4. The van der Waals surface area contributed by atoms with Crippen LogP contribution in [0.15, 0.2) is 77.7 Å². The quantitative estimate of drug-likeness (QED) is 0.281. The minimum Gasteiger partial charge on any atom is -0.324 e. The Morgan fingerprint density at radius 1 is 0.925 bits per heavy atom. The van der Waals surface area contributed by atoms with Crippen molar-refractivity contribution in [2.45, 2.75) is 20.0 Å². The largest absolute Gasteiger partial charge is 0.416 e. The van der Waals surface area contributed by atoms with Gasteiger partial charge in [-0.2, -0.15) is 18.2 Å². The topological polar surface area (TPSA) is 102 Å². The summed E-state index contributed by atoms with van der Waals surface area (Å²) in [6.07, 6.45) is -3.06. The lowest BCUT2D eigenvalue weighted by atomic mass is 10.0. The molecule has 5 rings (SSSR count). The highest BCUT2D eigenvalue weighted by molar-refractivity contribution is 6.04. The van der Waals surface area contributed by atoms with Crippen LogP contribution in [0, 0.1) is 13.8 Å². The Morgan fingerprint density at radius 2 is 1.65 bits per heavy atom. The molecule has 8 nitrogen and oxygen atoms in total.